The minimum Gasteiger partial charge on any atom is -0.310 e. The highest BCUT2D eigenvalue weighted by atomic mass is 15.1. The van der Waals surface area contributed by atoms with Crippen LogP contribution in [-0.2, 0) is 0 Å². The van der Waals surface area contributed by atoms with Crippen LogP contribution in [-0.4, -0.2) is 9.13 Å². The maximum absolute atomic E-state index is 9.97. The second kappa shape index (κ2) is 13.0. The van der Waals surface area contributed by atoms with Crippen molar-refractivity contribution in [3.63, 3.8) is 0 Å². The Morgan fingerprint density at radius 2 is 0.945 bits per heavy atom. The molecule has 0 aliphatic carbocycles. The summed E-state index contributed by atoms with van der Waals surface area (Å²) >= 11 is 0. The van der Waals surface area contributed by atoms with Crippen molar-refractivity contribution in [3.05, 3.63) is 199 Å². The maximum atomic E-state index is 9.97. The minimum absolute atomic E-state index is 0.441. The zero-order chi connectivity index (χ0) is 36.9. The van der Waals surface area contributed by atoms with Gasteiger partial charge in [0.1, 0.15) is 0 Å². The van der Waals surface area contributed by atoms with Crippen molar-refractivity contribution < 1.29 is 0 Å². The molecule has 55 heavy (non-hydrogen) atoms. The third-order valence-electron chi connectivity index (χ3n) is 10.5. The van der Waals surface area contributed by atoms with E-state index in [1.165, 1.54) is 10.8 Å². The van der Waals surface area contributed by atoms with Gasteiger partial charge in [-0.05, 0) is 108 Å². The number of hydrogen-bond donors (Lipinski definition) is 0. The average Bonchev–Trinajstić information content (AvgIpc) is 3.77. The van der Waals surface area contributed by atoms with Crippen molar-refractivity contribution in [2.24, 2.45) is 0 Å². The van der Waals surface area contributed by atoms with E-state index >= 15 is 0 Å². The van der Waals surface area contributed by atoms with Crippen LogP contribution in [0, 0.1) is 22.7 Å². The Morgan fingerprint density at radius 3 is 1.64 bits per heavy atom. The molecule has 256 valence electrons. The molecule has 0 amide bonds. The van der Waals surface area contributed by atoms with Gasteiger partial charge in [-0.25, -0.2) is 0 Å². The summed E-state index contributed by atoms with van der Waals surface area (Å²) < 4.78 is 4.53. The van der Waals surface area contributed by atoms with Crippen LogP contribution in [0.3, 0.4) is 0 Å². The highest BCUT2D eigenvalue weighted by Crippen LogP contribution is 2.44. The Morgan fingerprint density at radius 1 is 0.382 bits per heavy atom. The van der Waals surface area contributed by atoms with Gasteiger partial charge in [-0.1, -0.05) is 91.0 Å². The fourth-order valence-electron chi connectivity index (χ4n) is 8.18. The third-order valence-corrected chi connectivity index (χ3v) is 10.5. The van der Waals surface area contributed by atoms with Crippen molar-refractivity contribution in [3.8, 4) is 34.6 Å². The van der Waals surface area contributed by atoms with Gasteiger partial charge in [0, 0.05) is 50.0 Å². The number of nitriles is 2. The van der Waals surface area contributed by atoms with Crippen molar-refractivity contribution >= 4 is 60.7 Å². The third kappa shape index (κ3) is 5.23. The first-order valence-corrected chi connectivity index (χ1v) is 18.2. The summed E-state index contributed by atoms with van der Waals surface area (Å²) in [5.74, 6) is 0. The van der Waals surface area contributed by atoms with Crippen LogP contribution in [0.5, 0.6) is 0 Å². The van der Waals surface area contributed by atoms with Gasteiger partial charge in [0.15, 0.2) is 0 Å². The van der Waals surface area contributed by atoms with E-state index in [9.17, 15) is 10.5 Å². The summed E-state index contributed by atoms with van der Waals surface area (Å²) in [4.78, 5) is 2.28. The number of hydrogen-bond acceptors (Lipinski definition) is 3. The molecule has 0 spiro atoms. The van der Waals surface area contributed by atoms with Crippen molar-refractivity contribution in [2.45, 2.75) is 0 Å². The van der Waals surface area contributed by atoms with E-state index in [1.54, 1.807) is 6.07 Å². The number of nitrogens with zero attached hydrogens (tertiary/aromatic N) is 5. The molecule has 2 aromatic heterocycles. The van der Waals surface area contributed by atoms with E-state index in [4.69, 9.17) is 0 Å². The van der Waals surface area contributed by atoms with Crippen molar-refractivity contribution in [1.29, 1.82) is 10.5 Å². The monoisotopic (exact) mass is 701 g/mol. The number of benzene rings is 8. The second-order valence-corrected chi connectivity index (χ2v) is 13.7. The predicted octanol–water partition coefficient (Wildman–Crippen LogP) is 12.8. The lowest BCUT2D eigenvalue weighted by atomic mass is 9.97. The second-order valence-electron chi connectivity index (χ2n) is 13.7. The molecule has 0 fully saturated rings. The molecule has 0 aliphatic heterocycles. The lowest BCUT2D eigenvalue weighted by Crippen LogP contribution is -2.09. The fourth-order valence-corrected chi connectivity index (χ4v) is 8.18. The molecule has 10 aromatic rings. The summed E-state index contributed by atoms with van der Waals surface area (Å²) in [5.41, 5.74) is 12.4. The van der Waals surface area contributed by atoms with Gasteiger partial charge in [-0.15, -0.1) is 0 Å². The first-order valence-electron chi connectivity index (χ1n) is 18.2. The summed E-state index contributed by atoms with van der Waals surface area (Å²) in [5, 5.41) is 24.5. The molecule has 0 saturated heterocycles. The molecule has 0 unspecified atom stereocenters. The van der Waals surface area contributed by atoms with Crippen LogP contribution in [0.2, 0.25) is 0 Å². The molecule has 0 aliphatic rings. The predicted molar refractivity (Wildman–Crippen MR) is 225 cm³/mol. The lowest BCUT2D eigenvalue weighted by molar-refractivity contribution is 1.17. The largest absolute Gasteiger partial charge is 0.310 e. The zero-order valence-electron chi connectivity index (χ0n) is 29.6. The smallest absolute Gasteiger partial charge is 0.0992 e. The molecular formula is C50H31N5. The Kier molecular flexibility index (Phi) is 7.51. The summed E-state index contributed by atoms with van der Waals surface area (Å²) in [6.45, 7) is 0. The van der Waals surface area contributed by atoms with Gasteiger partial charge in [0.25, 0.3) is 0 Å². The molecule has 5 heteroatoms. The van der Waals surface area contributed by atoms with Crippen molar-refractivity contribution in [2.75, 3.05) is 4.90 Å². The Bertz CT molecular complexity index is 3090. The van der Waals surface area contributed by atoms with Crippen LogP contribution >= 0.6 is 0 Å². The summed E-state index contributed by atoms with van der Waals surface area (Å²) in [6, 6.07) is 69.7. The van der Waals surface area contributed by atoms with Crippen LogP contribution < -0.4 is 4.90 Å². The number of fused-ring (bicyclic) bond motifs is 6. The van der Waals surface area contributed by atoms with E-state index in [2.05, 4.69) is 184 Å². The quantitative estimate of drug-likeness (QED) is 0.173. The number of para-hydroxylation sites is 4. The fraction of sp³-hybridized carbons (Fsp3) is 0. The number of rotatable bonds is 6. The molecule has 8 aromatic carbocycles. The Balaban J connectivity index is 1.28. The average molecular weight is 702 g/mol. The van der Waals surface area contributed by atoms with Crippen LogP contribution in [0.1, 0.15) is 11.1 Å². The van der Waals surface area contributed by atoms with E-state index < -0.39 is 0 Å². The molecule has 0 radical (unpaired) electrons. The van der Waals surface area contributed by atoms with Crippen LogP contribution in [0.4, 0.5) is 17.1 Å². The first-order chi connectivity index (χ1) is 27.2. The van der Waals surface area contributed by atoms with Crippen molar-refractivity contribution in [1.82, 2.24) is 9.13 Å². The Hall–Kier alpha value is -7.86. The van der Waals surface area contributed by atoms with Gasteiger partial charge in [-0.2, -0.15) is 10.5 Å². The highest BCUT2D eigenvalue weighted by Gasteiger charge is 2.21. The number of anilines is 3. The van der Waals surface area contributed by atoms with Gasteiger partial charge >= 0.3 is 0 Å². The Labute approximate surface area is 318 Å². The van der Waals surface area contributed by atoms with E-state index in [0.717, 1.165) is 72.4 Å². The molecule has 10 rings (SSSR count). The van der Waals surface area contributed by atoms with Gasteiger partial charge in [-0.3, -0.25) is 0 Å². The summed E-state index contributed by atoms with van der Waals surface area (Å²) in [7, 11) is 0. The molecule has 5 nitrogen and oxygen atoms in total. The number of aromatic nitrogens is 2. The molecular weight excluding hydrogens is 671 g/mol. The van der Waals surface area contributed by atoms with Crippen LogP contribution in [0.25, 0.3) is 66.1 Å². The van der Waals surface area contributed by atoms with Crippen LogP contribution in [0.15, 0.2) is 188 Å². The molecule has 0 atom stereocenters. The maximum Gasteiger partial charge on any atom is 0.0992 e. The lowest BCUT2D eigenvalue weighted by Gasteiger charge is -2.25. The molecule has 0 saturated carbocycles. The molecule has 2 heterocycles. The van der Waals surface area contributed by atoms with E-state index in [0.29, 0.717) is 11.1 Å². The SMILES string of the molecule is N#Cc1cc(C#N)cc(-n2c3ccc(N(c4ccccc4)c4ccccc4)cc3c3c(-c4ccc5c(c4)c4ccccc4n5-c4ccccc4)cccc32)c1. The van der Waals surface area contributed by atoms with E-state index in [1.807, 2.05) is 24.3 Å². The normalized spacial score (nSPS) is 11.2. The summed E-state index contributed by atoms with van der Waals surface area (Å²) in [6.07, 6.45) is 0. The molecule has 0 N–H and O–H groups in total. The topological polar surface area (TPSA) is 60.7 Å². The minimum atomic E-state index is 0.441. The van der Waals surface area contributed by atoms with E-state index in [-0.39, 0.29) is 0 Å². The van der Waals surface area contributed by atoms with Gasteiger partial charge in [0.05, 0.1) is 45.3 Å². The van der Waals surface area contributed by atoms with Gasteiger partial charge in [0.2, 0.25) is 0 Å². The first kappa shape index (κ1) is 31.8. The highest BCUT2D eigenvalue weighted by molar-refractivity contribution is 6.18. The molecule has 0 bridgehead atoms. The zero-order valence-corrected chi connectivity index (χ0v) is 29.6. The van der Waals surface area contributed by atoms with Gasteiger partial charge < -0.3 is 14.0 Å². The standard InChI is InChI=1S/C50H31N5/c51-32-34-27-35(33-52)29-41(28-34)55-48-26-24-40(53(37-13-4-1-5-14-37)38-15-6-2-7-16-38)31-45(48)50-42(20-12-22-49(50)55)36-23-25-47-44(30-36)43-19-10-11-21-46(43)54(47)39-17-8-3-9-18-39/h1-31H.